The van der Waals surface area contributed by atoms with Crippen molar-refractivity contribution in [3.8, 4) is 0 Å². The van der Waals surface area contributed by atoms with Gasteiger partial charge in [0.25, 0.3) is 0 Å². The van der Waals surface area contributed by atoms with Crippen LogP contribution in [0.5, 0.6) is 0 Å². The van der Waals surface area contributed by atoms with Crippen molar-refractivity contribution < 1.29 is 17.9 Å². The molecule has 0 aliphatic rings. The molecule has 2 aromatic heterocycles. The van der Waals surface area contributed by atoms with E-state index in [9.17, 15) is 13.5 Å². The summed E-state index contributed by atoms with van der Waals surface area (Å²) in [6.07, 6.45) is 3.07. The number of aromatic nitrogens is 1. The predicted molar refractivity (Wildman–Crippen MR) is 78.1 cm³/mol. The lowest BCUT2D eigenvalue weighted by atomic mass is 10.3. The Labute approximate surface area is 124 Å². The van der Waals surface area contributed by atoms with Crippen molar-refractivity contribution in [1.29, 1.82) is 0 Å². The molecule has 2 rings (SSSR count). The van der Waals surface area contributed by atoms with Crippen molar-refractivity contribution >= 4 is 10.0 Å². The highest BCUT2D eigenvalue weighted by Crippen LogP contribution is 2.22. The summed E-state index contributed by atoms with van der Waals surface area (Å²) >= 11 is 0. The quantitative estimate of drug-likeness (QED) is 0.885. The first-order valence-corrected chi connectivity index (χ1v) is 8.10. The molecular weight excluding hydrogens is 292 g/mol. The minimum Gasteiger partial charge on any atom is -0.468 e. The SMILES string of the molecule is CC(C)n1cc(S(=O)(=O)N(C)Cc2ccco2)cc1CO. The van der Waals surface area contributed by atoms with Gasteiger partial charge in [0.1, 0.15) is 10.7 Å². The van der Waals surface area contributed by atoms with Crippen molar-refractivity contribution in [2.24, 2.45) is 0 Å². The minimum atomic E-state index is -3.62. The van der Waals surface area contributed by atoms with Gasteiger partial charge in [0, 0.05) is 25.0 Å². The fourth-order valence-corrected chi connectivity index (χ4v) is 3.32. The largest absolute Gasteiger partial charge is 0.468 e. The summed E-state index contributed by atoms with van der Waals surface area (Å²) < 4.78 is 33.3. The van der Waals surface area contributed by atoms with E-state index in [0.29, 0.717) is 11.5 Å². The van der Waals surface area contributed by atoms with E-state index in [-0.39, 0.29) is 24.1 Å². The Morgan fingerprint density at radius 1 is 1.43 bits per heavy atom. The molecule has 0 aliphatic heterocycles. The van der Waals surface area contributed by atoms with Crippen molar-refractivity contribution in [2.45, 2.75) is 37.9 Å². The summed E-state index contributed by atoms with van der Waals surface area (Å²) in [7, 11) is -2.12. The molecule has 7 heteroatoms. The van der Waals surface area contributed by atoms with Crippen molar-refractivity contribution in [3.63, 3.8) is 0 Å². The van der Waals surface area contributed by atoms with Crippen LogP contribution >= 0.6 is 0 Å². The number of sulfonamides is 1. The van der Waals surface area contributed by atoms with Crippen LogP contribution in [0.25, 0.3) is 0 Å². The second-order valence-electron chi connectivity index (χ2n) is 5.17. The minimum absolute atomic E-state index is 0.0754. The van der Waals surface area contributed by atoms with E-state index in [1.54, 1.807) is 22.9 Å². The highest BCUT2D eigenvalue weighted by molar-refractivity contribution is 7.89. The summed E-state index contributed by atoms with van der Waals surface area (Å²) in [6.45, 7) is 3.83. The van der Waals surface area contributed by atoms with Crippen LogP contribution in [0.15, 0.2) is 40.0 Å². The highest BCUT2D eigenvalue weighted by Gasteiger charge is 2.24. The van der Waals surface area contributed by atoms with Crippen LogP contribution in [0.1, 0.15) is 31.3 Å². The first kappa shape index (κ1) is 15.8. The van der Waals surface area contributed by atoms with Crippen LogP contribution in [0.3, 0.4) is 0 Å². The maximum Gasteiger partial charge on any atom is 0.244 e. The Bertz CT molecular complexity index is 687. The second-order valence-corrected chi connectivity index (χ2v) is 7.21. The van der Waals surface area contributed by atoms with Gasteiger partial charge >= 0.3 is 0 Å². The Balaban J connectivity index is 2.30. The van der Waals surface area contributed by atoms with E-state index in [2.05, 4.69) is 0 Å². The molecule has 0 fully saturated rings. The van der Waals surface area contributed by atoms with Gasteiger partial charge in [-0.25, -0.2) is 8.42 Å². The van der Waals surface area contributed by atoms with Gasteiger partial charge in [-0.2, -0.15) is 4.31 Å². The van der Waals surface area contributed by atoms with Gasteiger partial charge in [0.05, 0.1) is 19.4 Å². The molecule has 0 bridgehead atoms. The zero-order valence-corrected chi connectivity index (χ0v) is 13.2. The van der Waals surface area contributed by atoms with Crippen molar-refractivity contribution in [2.75, 3.05) is 7.05 Å². The molecule has 21 heavy (non-hydrogen) atoms. The maximum absolute atomic E-state index is 12.6. The molecule has 0 aromatic carbocycles. The van der Waals surface area contributed by atoms with Crippen LogP contribution < -0.4 is 0 Å². The Morgan fingerprint density at radius 3 is 2.62 bits per heavy atom. The van der Waals surface area contributed by atoms with E-state index in [1.165, 1.54) is 23.7 Å². The topological polar surface area (TPSA) is 75.7 Å². The van der Waals surface area contributed by atoms with Gasteiger partial charge < -0.3 is 14.1 Å². The molecule has 0 aliphatic carbocycles. The normalized spacial score (nSPS) is 12.5. The average Bonchev–Trinajstić information content (AvgIpc) is 3.06. The summed E-state index contributed by atoms with van der Waals surface area (Å²) in [4.78, 5) is 0.175. The molecule has 0 amide bonds. The number of furan rings is 1. The molecule has 2 heterocycles. The monoisotopic (exact) mass is 312 g/mol. The predicted octanol–water partition coefficient (Wildman–Crippen LogP) is 1.98. The highest BCUT2D eigenvalue weighted by atomic mass is 32.2. The number of rotatable bonds is 6. The Kier molecular flexibility index (Phi) is 4.55. The summed E-state index contributed by atoms with van der Waals surface area (Å²) in [5.74, 6) is 0.576. The first-order chi connectivity index (χ1) is 9.86. The molecular formula is C14H20N2O4S. The van der Waals surface area contributed by atoms with Gasteiger partial charge in [0.15, 0.2) is 0 Å². The lowest BCUT2D eigenvalue weighted by Gasteiger charge is -2.15. The van der Waals surface area contributed by atoms with E-state index < -0.39 is 10.0 Å². The molecule has 0 atom stereocenters. The number of aliphatic hydroxyl groups is 1. The zero-order chi connectivity index (χ0) is 15.6. The number of hydrogen-bond donors (Lipinski definition) is 1. The Hall–Kier alpha value is -1.57. The summed E-state index contributed by atoms with van der Waals surface area (Å²) in [5.41, 5.74) is 0.579. The Morgan fingerprint density at radius 2 is 2.14 bits per heavy atom. The van der Waals surface area contributed by atoms with Gasteiger partial charge in [-0.15, -0.1) is 0 Å². The third kappa shape index (κ3) is 3.20. The zero-order valence-electron chi connectivity index (χ0n) is 12.4. The average molecular weight is 312 g/mol. The molecule has 6 nitrogen and oxygen atoms in total. The van der Waals surface area contributed by atoms with Crippen LogP contribution in [0.2, 0.25) is 0 Å². The molecule has 0 spiro atoms. The van der Waals surface area contributed by atoms with E-state index in [0.717, 1.165) is 0 Å². The van der Waals surface area contributed by atoms with E-state index in [4.69, 9.17) is 4.42 Å². The summed E-state index contributed by atoms with van der Waals surface area (Å²) in [6, 6.07) is 5.03. The van der Waals surface area contributed by atoms with Crippen LogP contribution in [-0.4, -0.2) is 29.4 Å². The molecule has 116 valence electrons. The smallest absolute Gasteiger partial charge is 0.244 e. The number of aliphatic hydroxyl groups excluding tert-OH is 1. The standard InChI is InChI=1S/C14H20N2O4S/c1-11(2)16-9-14(7-12(16)10-17)21(18,19)15(3)8-13-5-4-6-20-13/h4-7,9,11,17H,8,10H2,1-3H3. The van der Waals surface area contributed by atoms with E-state index >= 15 is 0 Å². The van der Waals surface area contributed by atoms with Gasteiger partial charge in [-0.1, -0.05) is 0 Å². The van der Waals surface area contributed by atoms with Crippen LogP contribution in [-0.2, 0) is 23.2 Å². The van der Waals surface area contributed by atoms with E-state index in [1.807, 2.05) is 13.8 Å². The number of nitrogens with zero attached hydrogens (tertiary/aromatic N) is 2. The van der Waals surface area contributed by atoms with Gasteiger partial charge in [-0.05, 0) is 32.0 Å². The fourth-order valence-electron chi connectivity index (χ4n) is 2.13. The molecule has 1 N–H and O–H groups in total. The van der Waals surface area contributed by atoms with Crippen molar-refractivity contribution in [1.82, 2.24) is 8.87 Å². The lowest BCUT2D eigenvalue weighted by Crippen LogP contribution is -2.26. The van der Waals surface area contributed by atoms with Crippen LogP contribution in [0.4, 0.5) is 0 Å². The third-order valence-corrected chi connectivity index (χ3v) is 5.06. The molecule has 0 radical (unpaired) electrons. The molecule has 0 saturated carbocycles. The molecule has 2 aromatic rings. The number of hydrogen-bond acceptors (Lipinski definition) is 4. The molecule has 0 unspecified atom stereocenters. The first-order valence-electron chi connectivity index (χ1n) is 6.66. The molecule has 0 saturated heterocycles. The fraction of sp³-hybridized carbons (Fsp3) is 0.429. The second kappa shape index (κ2) is 6.05. The summed E-state index contributed by atoms with van der Waals surface area (Å²) in [5, 5.41) is 9.35. The maximum atomic E-state index is 12.6. The van der Waals surface area contributed by atoms with Crippen molar-refractivity contribution in [3.05, 3.63) is 42.1 Å². The lowest BCUT2D eigenvalue weighted by molar-refractivity contribution is 0.268. The van der Waals surface area contributed by atoms with Gasteiger partial charge in [0.2, 0.25) is 10.0 Å². The van der Waals surface area contributed by atoms with Gasteiger partial charge in [-0.3, -0.25) is 0 Å². The van der Waals surface area contributed by atoms with Crippen LogP contribution in [0, 0.1) is 0 Å². The third-order valence-electron chi connectivity index (χ3n) is 3.29.